The summed E-state index contributed by atoms with van der Waals surface area (Å²) >= 11 is 0. The highest BCUT2D eigenvalue weighted by Crippen LogP contribution is 2.15. The molecule has 7 nitrogen and oxygen atoms in total. The summed E-state index contributed by atoms with van der Waals surface area (Å²) in [4.78, 5) is 31.5. The van der Waals surface area contributed by atoms with Gasteiger partial charge in [0.15, 0.2) is 0 Å². The van der Waals surface area contributed by atoms with Crippen LogP contribution in [0.15, 0.2) is 30.7 Å². The van der Waals surface area contributed by atoms with Gasteiger partial charge in [-0.25, -0.2) is 9.97 Å². The van der Waals surface area contributed by atoms with Crippen LogP contribution in [0.1, 0.15) is 12.2 Å². The summed E-state index contributed by atoms with van der Waals surface area (Å²) in [6.07, 6.45) is 5.37. The molecule has 0 aromatic carbocycles. The predicted octanol–water partition coefficient (Wildman–Crippen LogP) is 0.650. The topological polar surface area (TPSA) is 88.9 Å². The van der Waals surface area contributed by atoms with Crippen molar-refractivity contribution >= 4 is 17.5 Å². The summed E-state index contributed by atoms with van der Waals surface area (Å²) in [5.74, 6) is 1.02. The number of amides is 2. The number of nitrogens with one attached hydrogen (secondary N) is 2. The minimum Gasteiger partial charge on any atom is -0.355 e. The Balaban J connectivity index is 1.69. The van der Waals surface area contributed by atoms with Crippen molar-refractivity contribution in [1.29, 1.82) is 0 Å². The van der Waals surface area contributed by atoms with E-state index in [1.54, 1.807) is 18.5 Å². The monoisotopic (exact) mass is 285 g/mol. The van der Waals surface area contributed by atoms with Crippen LogP contribution in [0.2, 0.25) is 0 Å². The zero-order valence-electron chi connectivity index (χ0n) is 11.5. The molecule has 1 saturated heterocycles. The molecule has 0 spiro atoms. The van der Waals surface area contributed by atoms with Gasteiger partial charge in [-0.1, -0.05) is 0 Å². The van der Waals surface area contributed by atoms with E-state index in [9.17, 15) is 9.59 Å². The van der Waals surface area contributed by atoms with Gasteiger partial charge in [-0.15, -0.1) is 0 Å². The van der Waals surface area contributed by atoms with Crippen LogP contribution in [0, 0.1) is 12.8 Å². The van der Waals surface area contributed by atoms with E-state index < -0.39 is 0 Å². The Hall–Kier alpha value is -2.70. The maximum absolute atomic E-state index is 12.0. The zero-order chi connectivity index (χ0) is 14.8. The number of imidazole rings is 1. The average molecular weight is 285 g/mol. The summed E-state index contributed by atoms with van der Waals surface area (Å²) in [5.41, 5.74) is 0.612. The van der Waals surface area contributed by atoms with Crippen molar-refractivity contribution < 1.29 is 9.59 Å². The van der Waals surface area contributed by atoms with E-state index in [-0.39, 0.29) is 24.2 Å². The van der Waals surface area contributed by atoms with Gasteiger partial charge in [0.1, 0.15) is 11.6 Å². The van der Waals surface area contributed by atoms with Crippen LogP contribution in [-0.2, 0) is 9.59 Å². The molecule has 2 aromatic heterocycles. The second-order valence-corrected chi connectivity index (χ2v) is 4.94. The van der Waals surface area contributed by atoms with Gasteiger partial charge in [0.2, 0.25) is 11.8 Å². The van der Waals surface area contributed by atoms with Gasteiger partial charge in [-0.3, -0.25) is 14.2 Å². The van der Waals surface area contributed by atoms with Crippen molar-refractivity contribution in [2.75, 3.05) is 11.9 Å². The van der Waals surface area contributed by atoms with Gasteiger partial charge < -0.3 is 10.6 Å². The number of carbonyl (C=O) groups excluding carboxylic acids is 2. The second kappa shape index (κ2) is 5.35. The van der Waals surface area contributed by atoms with Gasteiger partial charge in [0.25, 0.3) is 0 Å². The van der Waals surface area contributed by atoms with E-state index in [4.69, 9.17) is 0 Å². The molecule has 1 aliphatic rings. The molecule has 0 aliphatic carbocycles. The quantitative estimate of drug-likeness (QED) is 0.866. The van der Waals surface area contributed by atoms with Gasteiger partial charge in [-0.2, -0.15) is 0 Å². The number of pyridine rings is 1. The zero-order valence-corrected chi connectivity index (χ0v) is 11.5. The fraction of sp³-hybridized carbons (Fsp3) is 0.286. The van der Waals surface area contributed by atoms with Crippen molar-refractivity contribution in [3.63, 3.8) is 0 Å². The summed E-state index contributed by atoms with van der Waals surface area (Å²) in [7, 11) is 0. The first kappa shape index (κ1) is 13.3. The Morgan fingerprint density at radius 2 is 2.29 bits per heavy atom. The van der Waals surface area contributed by atoms with Crippen molar-refractivity contribution in [3.8, 4) is 5.82 Å². The highest BCUT2D eigenvalue weighted by molar-refractivity contribution is 5.97. The lowest BCUT2D eigenvalue weighted by Crippen LogP contribution is -2.24. The minimum atomic E-state index is -0.312. The van der Waals surface area contributed by atoms with Crippen LogP contribution < -0.4 is 10.6 Å². The number of aromatic nitrogens is 3. The van der Waals surface area contributed by atoms with E-state index in [0.717, 1.165) is 11.6 Å². The molecule has 2 aromatic rings. The van der Waals surface area contributed by atoms with Crippen LogP contribution in [0.25, 0.3) is 5.82 Å². The lowest BCUT2D eigenvalue weighted by atomic mass is 10.1. The first-order chi connectivity index (χ1) is 10.1. The fourth-order valence-electron chi connectivity index (χ4n) is 2.26. The molecule has 21 heavy (non-hydrogen) atoms. The number of rotatable bonds is 3. The molecule has 108 valence electrons. The molecule has 3 rings (SSSR count). The molecule has 1 atom stereocenters. The Morgan fingerprint density at radius 1 is 1.43 bits per heavy atom. The summed E-state index contributed by atoms with van der Waals surface area (Å²) < 4.78 is 1.85. The number of nitrogens with zero attached hydrogens (tertiary/aromatic N) is 3. The molecule has 7 heteroatoms. The smallest absolute Gasteiger partial charge is 0.229 e. The normalized spacial score (nSPS) is 17.6. The molecule has 2 N–H and O–H groups in total. The lowest BCUT2D eigenvalue weighted by Gasteiger charge is -2.10. The Kier molecular flexibility index (Phi) is 3.39. The summed E-state index contributed by atoms with van der Waals surface area (Å²) in [6.45, 7) is 2.28. The molecule has 0 bridgehead atoms. The van der Waals surface area contributed by atoms with E-state index in [1.807, 2.05) is 23.8 Å². The van der Waals surface area contributed by atoms with E-state index in [1.165, 1.54) is 0 Å². The van der Waals surface area contributed by atoms with E-state index >= 15 is 0 Å². The third-order valence-corrected chi connectivity index (χ3v) is 3.44. The first-order valence-electron chi connectivity index (χ1n) is 6.67. The molecule has 0 saturated carbocycles. The first-order valence-corrected chi connectivity index (χ1v) is 6.67. The molecule has 1 aliphatic heterocycles. The third-order valence-electron chi connectivity index (χ3n) is 3.44. The largest absolute Gasteiger partial charge is 0.355 e. The number of carbonyl (C=O) groups is 2. The van der Waals surface area contributed by atoms with Crippen molar-refractivity contribution in [3.05, 3.63) is 36.5 Å². The lowest BCUT2D eigenvalue weighted by molar-refractivity contribution is -0.123. The number of hydrogen-bond acceptors (Lipinski definition) is 4. The summed E-state index contributed by atoms with van der Waals surface area (Å²) in [6, 6.07) is 3.59. The summed E-state index contributed by atoms with van der Waals surface area (Å²) in [5, 5.41) is 5.42. The van der Waals surface area contributed by atoms with Crippen LogP contribution in [0.4, 0.5) is 5.69 Å². The predicted molar refractivity (Wildman–Crippen MR) is 75.8 cm³/mol. The van der Waals surface area contributed by atoms with Crippen molar-refractivity contribution in [1.82, 2.24) is 19.9 Å². The molecule has 1 unspecified atom stereocenters. The maximum atomic E-state index is 12.0. The van der Waals surface area contributed by atoms with Gasteiger partial charge in [0.05, 0.1) is 17.8 Å². The molecule has 1 fully saturated rings. The van der Waals surface area contributed by atoms with Gasteiger partial charge >= 0.3 is 0 Å². The van der Waals surface area contributed by atoms with Crippen LogP contribution in [0.3, 0.4) is 0 Å². The second-order valence-electron chi connectivity index (χ2n) is 4.94. The molecule has 0 radical (unpaired) electrons. The van der Waals surface area contributed by atoms with E-state index in [0.29, 0.717) is 12.2 Å². The van der Waals surface area contributed by atoms with Crippen LogP contribution in [0.5, 0.6) is 0 Å². The molecular formula is C14H15N5O2. The fourth-order valence-corrected chi connectivity index (χ4v) is 2.26. The number of hydrogen-bond donors (Lipinski definition) is 2. The maximum Gasteiger partial charge on any atom is 0.229 e. The highest BCUT2D eigenvalue weighted by atomic mass is 16.2. The number of aryl methyl sites for hydroxylation is 1. The Labute approximate surface area is 121 Å². The standard InChI is InChI=1S/C14H15N5O2/c1-9-15-4-5-19(9)12-3-2-11(8-16-12)18-14(21)10-6-13(20)17-7-10/h2-5,8,10H,6-7H2,1H3,(H,17,20)(H,18,21). The minimum absolute atomic E-state index is 0.0841. The van der Waals surface area contributed by atoms with E-state index in [2.05, 4.69) is 20.6 Å². The third kappa shape index (κ3) is 2.76. The van der Waals surface area contributed by atoms with Crippen molar-refractivity contribution in [2.24, 2.45) is 5.92 Å². The molecular weight excluding hydrogens is 270 g/mol. The van der Waals surface area contributed by atoms with Crippen LogP contribution >= 0.6 is 0 Å². The molecule has 2 amide bonds. The SMILES string of the molecule is Cc1nccn1-c1ccc(NC(=O)C2CNC(=O)C2)cn1. The highest BCUT2D eigenvalue weighted by Gasteiger charge is 2.27. The average Bonchev–Trinajstić information content (AvgIpc) is 3.08. The Bertz CT molecular complexity index is 677. The van der Waals surface area contributed by atoms with Gasteiger partial charge in [0, 0.05) is 25.4 Å². The molecule has 3 heterocycles. The van der Waals surface area contributed by atoms with Crippen LogP contribution in [-0.4, -0.2) is 32.9 Å². The van der Waals surface area contributed by atoms with Crippen molar-refractivity contribution in [2.45, 2.75) is 13.3 Å². The van der Waals surface area contributed by atoms with Gasteiger partial charge in [-0.05, 0) is 19.1 Å². The Morgan fingerprint density at radius 3 is 2.86 bits per heavy atom. The number of anilines is 1.